The molecule has 0 fully saturated rings. The van der Waals surface area contributed by atoms with Gasteiger partial charge in [0.1, 0.15) is 11.6 Å². The summed E-state index contributed by atoms with van der Waals surface area (Å²) in [6.07, 6.45) is 0.442. The normalized spacial score (nSPS) is 11.2. The van der Waals surface area contributed by atoms with Crippen molar-refractivity contribution in [2.75, 3.05) is 5.32 Å². The third-order valence-corrected chi connectivity index (χ3v) is 5.60. The molecule has 4 aromatic rings. The highest BCUT2D eigenvalue weighted by Gasteiger charge is 2.25. The first-order valence-corrected chi connectivity index (χ1v) is 9.75. The third kappa shape index (κ3) is 3.15. The molecule has 2 aromatic carbocycles. The highest BCUT2D eigenvalue weighted by molar-refractivity contribution is 7.12. The molecule has 0 spiro atoms. The number of nitrogens with one attached hydrogen (secondary N) is 1. The SMILES string of the molecule is CCc1cc2oc(=O)n(C)c2c(-c2c(F)cccc2F)c1NC(=O)c1cccs1. The van der Waals surface area contributed by atoms with Crippen LogP contribution < -0.4 is 11.1 Å². The van der Waals surface area contributed by atoms with Gasteiger partial charge in [-0.25, -0.2) is 13.6 Å². The van der Waals surface area contributed by atoms with Gasteiger partial charge < -0.3 is 9.73 Å². The Morgan fingerprint density at radius 2 is 1.90 bits per heavy atom. The molecule has 0 saturated carbocycles. The van der Waals surface area contributed by atoms with Crippen molar-refractivity contribution in [1.29, 1.82) is 0 Å². The maximum absolute atomic E-state index is 14.8. The molecule has 0 bridgehead atoms. The zero-order chi connectivity index (χ0) is 20.7. The molecule has 4 rings (SSSR count). The number of carbonyl (C=O) groups excluding carboxylic acids is 1. The van der Waals surface area contributed by atoms with Crippen molar-refractivity contribution in [3.63, 3.8) is 0 Å². The fraction of sp³-hybridized carbons (Fsp3) is 0.143. The van der Waals surface area contributed by atoms with Gasteiger partial charge in [0.05, 0.1) is 21.6 Å². The zero-order valence-corrected chi connectivity index (χ0v) is 16.4. The number of oxazole rings is 1. The van der Waals surface area contributed by atoms with E-state index in [2.05, 4.69) is 5.32 Å². The molecule has 2 heterocycles. The summed E-state index contributed by atoms with van der Waals surface area (Å²) in [5, 5.41) is 4.56. The molecule has 29 heavy (non-hydrogen) atoms. The van der Waals surface area contributed by atoms with Gasteiger partial charge in [0.2, 0.25) is 0 Å². The van der Waals surface area contributed by atoms with E-state index in [4.69, 9.17) is 4.42 Å². The molecule has 1 N–H and O–H groups in total. The highest BCUT2D eigenvalue weighted by atomic mass is 32.1. The Morgan fingerprint density at radius 3 is 2.52 bits per heavy atom. The van der Waals surface area contributed by atoms with Crippen molar-refractivity contribution in [3.8, 4) is 11.1 Å². The number of thiophene rings is 1. The van der Waals surface area contributed by atoms with E-state index in [1.165, 1.54) is 29.0 Å². The summed E-state index contributed by atoms with van der Waals surface area (Å²) in [5.41, 5.74) is 0.992. The Labute approximate surface area is 168 Å². The lowest BCUT2D eigenvalue weighted by atomic mass is 9.96. The second-order valence-corrected chi connectivity index (χ2v) is 7.39. The first kappa shape index (κ1) is 19.1. The van der Waals surface area contributed by atoms with Gasteiger partial charge in [0.15, 0.2) is 5.58 Å². The summed E-state index contributed by atoms with van der Waals surface area (Å²) < 4.78 is 36.0. The number of amides is 1. The lowest BCUT2D eigenvalue weighted by molar-refractivity contribution is 0.103. The largest absolute Gasteiger partial charge is 0.419 e. The maximum atomic E-state index is 14.8. The number of aryl methyl sites for hydroxylation is 2. The van der Waals surface area contributed by atoms with Crippen LogP contribution in [0.2, 0.25) is 0 Å². The molecular formula is C21H16F2N2O3S. The number of halogens is 2. The highest BCUT2D eigenvalue weighted by Crippen LogP contribution is 2.41. The smallest absolute Gasteiger partial charge is 0.408 e. The van der Waals surface area contributed by atoms with Crippen LogP contribution in [0, 0.1) is 11.6 Å². The van der Waals surface area contributed by atoms with Crippen LogP contribution in [0.4, 0.5) is 14.5 Å². The van der Waals surface area contributed by atoms with Crippen LogP contribution in [0.25, 0.3) is 22.2 Å². The molecule has 148 valence electrons. The second-order valence-electron chi connectivity index (χ2n) is 6.44. The minimum absolute atomic E-state index is 0.0770. The lowest BCUT2D eigenvalue weighted by Crippen LogP contribution is -2.15. The van der Waals surface area contributed by atoms with E-state index in [9.17, 15) is 18.4 Å². The van der Waals surface area contributed by atoms with Crippen LogP contribution in [-0.4, -0.2) is 10.5 Å². The number of carbonyl (C=O) groups is 1. The number of hydrogen-bond donors (Lipinski definition) is 1. The number of aromatic nitrogens is 1. The molecule has 8 heteroatoms. The van der Waals surface area contributed by atoms with E-state index in [1.807, 2.05) is 6.92 Å². The Bertz CT molecular complexity index is 1270. The molecule has 1 amide bonds. The minimum atomic E-state index is -0.806. The van der Waals surface area contributed by atoms with Gasteiger partial charge >= 0.3 is 5.76 Å². The average Bonchev–Trinajstić information content (AvgIpc) is 3.32. The van der Waals surface area contributed by atoms with E-state index in [0.717, 1.165) is 12.1 Å². The molecule has 2 aromatic heterocycles. The summed E-state index contributed by atoms with van der Waals surface area (Å²) >= 11 is 1.25. The van der Waals surface area contributed by atoms with Gasteiger partial charge in [-0.1, -0.05) is 19.1 Å². The summed E-state index contributed by atoms with van der Waals surface area (Å²) in [6, 6.07) is 8.52. The first-order chi connectivity index (χ1) is 13.9. The second kappa shape index (κ2) is 7.29. The van der Waals surface area contributed by atoms with Gasteiger partial charge in [-0.3, -0.25) is 9.36 Å². The Kier molecular flexibility index (Phi) is 4.79. The predicted octanol–water partition coefficient (Wildman–Crippen LogP) is 4.95. The van der Waals surface area contributed by atoms with Crippen molar-refractivity contribution in [3.05, 3.63) is 74.4 Å². The topological polar surface area (TPSA) is 64.2 Å². The van der Waals surface area contributed by atoms with E-state index in [0.29, 0.717) is 16.9 Å². The fourth-order valence-electron chi connectivity index (χ4n) is 3.35. The average molecular weight is 414 g/mol. The Hall–Kier alpha value is -3.26. The summed E-state index contributed by atoms with van der Waals surface area (Å²) in [6.45, 7) is 1.84. The molecular weight excluding hydrogens is 398 g/mol. The van der Waals surface area contributed by atoms with Crippen molar-refractivity contribution in [2.24, 2.45) is 7.05 Å². The van der Waals surface area contributed by atoms with Crippen molar-refractivity contribution < 1.29 is 18.0 Å². The van der Waals surface area contributed by atoms with Crippen molar-refractivity contribution >= 4 is 34.0 Å². The number of benzene rings is 2. The third-order valence-electron chi connectivity index (χ3n) is 4.73. The molecule has 5 nitrogen and oxygen atoms in total. The molecule has 0 atom stereocenters. The van der Waals surface area contributed by atoms with Gasteiger partial charge in [-0.2, -0.15) is 0 Å². The van der Waals surface area contributed by atoms with Gasteiger partial charge in [0.25, 0.3) is 5.91 Å². The van der Waals surface area contributed by atoms with Crippen LogP contribution in [0.15, 0.2) is 51.0 Å². The van der Waals surface area contributed by atoms with Crippen LogP contribution in [0.5, 0.6) is 0 Å². The number of nitrogens with zero attached hydrogens (tertiary/aromatic N) is 1. The molecule has 0 unspecified atom stereocenters. The number of rotatable bonds is 4. The van der Waals surface area contributed by atoms with E-state index < -0.39 is 23.3 Å². The van der Waals surface area contributed by atoms with Gasteiger partial charge in [-0.15, -0.1) is 11.3 Å². The molecule has 0 aliphatic rings. The fourth-order valence-corrected chi connectivity index (χ4v) is 3.97. The van der Waals surface area contributed by atoms with Crippen molar-refractivity contribution in [2.45, 2.75) is 13.3 Å². The quantitative estimate of drug-likeness (QED) is 0.514. The zero-order valence-electron chi connectivity index (χ0n) is 15.6. The van der Waals surface area contributed by atoms with E-state index >= 15 is 0 Å². The number of anilines is 1. The molecule has 0 saturated heterocycles. The molecule has 0 radical (unpaired) electrons. The van der Waals surface area contributed by atoms with Crippen LogP contribution in [0.3, 0.4) is 0 Å². The summed E-state index contributed by atoms with van der Waals surface area (Å²) in [4.78, 5) is 25.3. The first-order valence-electron chi connectivity index (χ1n) is 8.87. The van der Waals surface area contributed by atoms with E-state index in [1.54, 1.807) is 23.6 Å². The van der Waals surface area contributed by atoms with Gasteiger partial charge in [0, 0.05) is 12.6 Å². The van der Waals surface area contributed by atoms with Crippen LogP contribution >= 0.6 is 11.3 Å². The van der Waals surface area contributed by atoms with Crippen molar-refractivity contribution in [1.82, 2.24) is 4.57 Å². The van der Waals surface area contributed by atoms with Gasteiger partial charge in [-0.05, 0) is 41.6 Å². The summed E-state index contributed by atoms with van der Waals surface area (Å²) in [7, 11) is 1.45. The maximum Gasteiger partial charge on any atom is 0.419 e. The number of hydrogen-bond acceptors (Lipinski definition) is 4. The Balaban J connectivity index is 2.09. The van der Waals surface area contributed by atoms with Crippen LogP contribution in [0.1, 0.15) is 22.2 Å². The molecule has 0 aliphatic heterocycles. The standard InChI is InChI=1S/C21H16F2N2O3S/c1-3-11-10-14-19(25(2)21(27)28-14)17(16-12(22)6-4-7-13(16)23)18(11)24-20(26)15-8-5-9-29-15/h4-10H,3H2,1-2H3,(H,24,26). The molecule has 0 aliphatic carbocycles. The minimum Gasteiger partial charge on any atom is -0.408 e. The van der Waals surface area contributed by atoms with E-state index in [-0.39, 0.29) is 27.9 Å². The monoisotopic (exact) mass is 414 g/mol. The summed E-state index contributed by atoms with van der Waals surface area (Å²) in [5.74, 6) is -2.68. The predicted molar refractivity (Wildman–Crippen MR) is 108 cm³/mol. The number of fused-ring (bicyclic) bond motifs is 1. The Morgan fingerprint density at radius 1 is 1.17 bits per heavy atom. The lowest BCUT2D eigenvalue weighted by Gasteiger charge is -2.17. The van der Waals surface area contributed by atoms with Crippen LogP contribution in [-0.2, 0) is 13.5 Å².